The van der Waals surface area contributed by atoms with Crippen molar-refractivity contribution < 1.29 is 17.9 Å². The van der Waals surface area contributed by atoms with Gasteiger partial charge in [0.15, 0.2) is 14.9 Å². The molecule has 9 heteroatoms. The van der Waals surface area contributed by atoms with Crippen LogP contribution in [0.15, 0.2) is 35.4 Å². The van der Waals surface area contributed by atoms with Gasteiger partial charge in [-0.05, 0) is 48.2 Å². The summed E-state index contributed by atoms with van der Waals surface area (Å²) in [5.74, 6) is 0.000838. The van der Waals surface area contributed by atoms with Crippen LogP contribution in [0, 0.1) is 0 Å². The van der Waals surface area contributed by atoms with Crippen LogP contribution in [-0.4, -0.2) is 30.4 Å². The Morgan fingerprint density at radius 1 is 1.26 bits per heavy atom. The average molecular weight is 403 g/mol. The molecule has 1 aromatic carbocycles. The summed E-state index contributed by atoms with van der Waals surface area (Å²) in [4.78, 5) is 12.6. The van der Waals surface area contributed by atoms with E-state index in [1.54, 1.807) is 16.8 Å². The van der Waals surface area contributed by atoms with Gasteiger partial charge in [0.05, 0.1) is 27.2 Å². The number of nitrogens with two attached hydrogens (primary N) is 1. The van der Waals surface area contributed by atoms with Crippen molar-refractivity contribution in [2.45, 2.75) is 17.7 Å². The van der Waals surface area contributed by atoms with Gasteiger partial charge >= 0.3 is 0 Å². The Bertz CT molecular complexity index is 1160. The van der Waals surface area contributed by atoms with E-state index in [-0.39, 0.29) is 4.90 Å². The summed E-state index contributed by atoms with van der Waals surface area (Å²) >= 11 is 1.21. The Kier molecular flexibility index (Phi) is 4.08. The van der Waals surface area contributed by atoms with E-state index in [4.69, 9.17) is 10.5 Å². The van der Waals surface area contributed by atoms with Crippen LogP contribution in [0.5, 0.6) is 10.8 Å². The average Bonchev–Trinajstić information content (AvgIpc) is 3.16. The molecular weight excluding hydrogens is 386 g/mol. The number of thiophene rings is 1. The molecule has 0 unspecified atom stereocenters. The molecule has 140 valence electrons. The van der Waals surface area contributed by atoms with E-state index in [9.17, 15) is 13.2 Å². The van der Waals surface area contributed by atoms with Gasteiger partial charge in [0.2, 0.25) is 0 Å². The predicted octanol–water partition coefficient (Wildman–Crippen LogP) is 2.54. The number of ether oxygens (including phenoxy) is 1. The van der Waals surface area contributed by atoms with E-state index < -0.39 is 15.7 Å². The molecule has 0 spiro atoms. The third-order valence-electron chi connectivity index (χ3n) is 4.56. The normalized spacial score (nSPS) is 13.1. The number of amides is 1. The van der Waals surface area contributed by atoms with Gasteiger partial charge in [0, 0.05) is 13.3 Å². The third-order valence-corrected chi connectivity index (χ3v) is 6.81. The number of aromatic nitrogens is 2. The van der Waals surface area contributed by atoms with Gasteiger partial charge in [-0.25, -0.2) is 8.42 Å². The Morgan fingerprint density at radius 2 is 1.96 bits per heavy atom. The molecule has 0 saturated carbocycles. The van der Waals surface area contributed by atoms with Gasteiger partial charge < -0.3 is 10.5 Å². The molecule has 7 nitrogen and oxygen atoms in total. The lowest BCUT2D eigenvalue weighted by atomic mass is 9.91. The Balaban J connectivity index is 1.81. The number of aryl methyl sites for hydroxylation is 2. The summed E-state index contributed by atoms with van der Waals surface area (Å²) in [5.41, 5.74) is 9.30. The van der Waals surface area contributed by atoms with Crippen molar-refractivity contribution in [3.8, 4) is 22.1 Å². The van der Waals surface area contributed by atoms with Gasteiger partial charge in [-0.1, -0.05) is 11.3 Å². The van der Waals surface area contributed by atoms with E-state index in [1.165, 1.54) is 23.5 Å². The minimum Gasteiger partial charge on any atom is -0.446 e. The molecule has 2 heterocycles. The zero-order chi connectivity index (χ0) is 19.3. The molecule has 0 bridgehead atoms. The summed E-state index contributed by atoms with van der Waals surface area (Å²) in [6.45, 7) is 0. The maximum atomic E-state index is 11.9. The second kappa shape index (κ2) is 6.21. The van der Waals surface area contributed by atoms with E-state index in [2.05, 4.69) is 5.10 Å². The van der Waals surface area contributed by atoms with Crippen molar-refractivity contribution in [2.24, 2.45) is 12.8 Å². The van der Waals surface area contributed by atoms with Crippen molar-refractivity contribution >= 4 is 27.1 Å². The standard InChI is InChI=1S/C18H17N3O4S2/c1-21-15-10(9-20-21)3-8-13-14(15)18(26-16(13)17(19)22)25-11-4-6-12(7-5-11)27(2,23)24/h4-7,9H,3,8H2,1-2H3,(H2,19,22). The van der Waals surface area contributed by atoms with Crippen LogP contribution in [0.4, 0.5) is 0 Å². The molecule has 0 aliphatic heterocycles. The fraction of sp³-hybridized carbons (Fsp3) is 0.222. The second-order valence-electron chi connectivity index (χ2n) is 6.42. The van der Waals surface area contributed by atoms with E-state index >= 15 is 0 Å². The van der Waals surface area contributed by atoms with Crippen LogP contribution in [-0.2, 0) is 29.7 Å². The molecule has 0 fully saturated rings. The molecule has 4 rings (SSSR count). The minimum absolute atomic E-state index is 0.217. The van der Waals surface area contributed by atoms with Gasteiger partial charge in [0.25, 0.3) is 5.91 Å². The lowest BCUT2D eigenvalue weighted by Gasteiger charge is -2.16. The fourth-order valence-corrected chi connectivity index (χ4v) is 5.00. The molecule has 1 aliphatic rings. The highest BCUT2D eigenvalue weighted by Gasteiger charge is 2.30. The highest BCUT2D eigenvalue weighted by Crippen LogP contribution is 2.48. The smallest absolute Gasteiger partial charge is 0.259 e. The maximum absolute atomic E-state index is 11.9. The number of benzene rings is 1. The summed E-state index contributed by atoms with van der Waals surface area (Å²) in [5, 5.41) is 4.87. The van der Waals surface area contributed by atoms with Gasteiger partial charge in [-0.2, -0.15) is 5.10 Å². The summed E-state index contributed by atoms with van der Waals surface area (Å²) < 4.78 is 31.0. The topological polar surface area (TPSA) is 104 Å². The van der Waals surface area contributed by atoms with Crippen molar-refractivity contribution in [1.29, 1.82) is 0 Å². The van der Waals surface area contributed by atoms with Crippen LogP contribution in [0.2, 0.25) is 0 Å². The second-order valence-corrected chi connectivity index (χ2v) is 9.42. The number of primary amides is 1. The predicted molar refractivity (Wildman–Crippen MR) is 102 cm³/mol. The molecule has 27 heavy (non-hydrogen) atoms. The zero-order valence-electron chi connectivity index (χ0n) is 14.7. The lowest BCUT2D eigenvalue weighted by molar-refractivity contribution is 0.100. The zero-order valence-corrected chi connectivity index (χ0v) is 16.4. The quantitative estimate of drug-likeness (QED) is 0.721. The Hall–Kier alpha value is -2.65. The van der Waals surface area contributed by atoms with Crippen LogP contribution >= 0.6 is 11.3 Å². The fourth-order valence-electron chi connectivity index (χ4n) is 3.30. The monoisotopic (exact) mass is 403 g/mol. The molecule has 1 aliphatic carbocycles. The van der Waals surface area contributed by atoms with Crippen molar-refractivity contribution in [2.75, 3.05) is 6.26 Å². The van der Waals surface area contributed by atoms with Crippen LogP contribution in [0.1, 0.15) is 20.8 Å². The number of fused-ring (bicyclic) bond motifs is 3. The number of sulfone groups is 1. The number of nitrogens with zero attached hydrogens (tertiary/aromatic N) is 2. The largest absolute Gasteiger partial charge is 0.446 e. The molecule has 3 aromatic rings. The van der Waals surface area contributed by atoms with Crippen LogP contribution < -0.4 is 10.5 Å². The first-order chi connectivity index (χ1) is 12.8. The molecule has 2 N–H and O–H groups in total. The number of hydrogen-bond acceptors (Lipinski definition) is 6. The van der Waals surface area contributed by atoms with Gasteiger partial charge in [0.1, 0.15) is 5.75 Å². The van der Waals surface area contributed by atoms with Crippen molar-refractivity contribution in [3.05, 3.63) is 46.5 Å². The molecule has 0 saturated heterocycles. The van der Waals surface area contributed by atoms with E-state index in [0.717, 1.165) is 35.1 Å². The SMILES string of the molecule is Cn1ncc2c1-c1c(Oc3ccc(S(C)(=O)=O)cc3)sc(C(N)=O)c1CC2. The number of carbonyl (C=O) groups excluding carboxylic acids is 1. The van der Waals surface area contributed by atoms with Crippen LogP contribution in [0.25, 0.3) is 11.3 Å². The highest BCUT2D eigenvalue weighted by atomic mass is 32.2. The molecule has 1 amide bonds. The number of rotatable bonds is 4. The third kappa shape index (κ3) is 3.02. The van der Waals surface area contributed by atoms with Gasteiger partial charge in [-0.3, -0.25) is 9.48 Å². The maximum Gasteiger partial charge on any atom is 0.259 e. The molecule has 0 radical (unpaired) electrons. The Morgan fingerprint density at radius 3 is 2.59 bits per heavy atom. The first kappa shape index (κ1) is 17.7. The molecule has 0 atom stereocenters. The first-order valence-electron chi connectivity index (χ1n) is 8.20. The highest BCUT2D eigenvalue weighted by molar-refractivity contribution is 7.90. The van der Waals surface area contributed by atoms with Gasteiger partial charge in [-0.15, -0.1) is 0 Å². The van der Waals surface area contributed by atoms with E-state index in [1.807, 2.05) is 13.2 Å². The molecular formula is C18H17N3O4S2. The van der Waals surface area contributed by atoms with E-state index in [0.29, 0.717) is 22.1 Å². The molecule has 2 aromatic heterocycles. The number of carbonyl (C=O) groups is 1. The first-order valence-corrected chi connectivity index (χ1v) is 10.9. The summed E-state index contributed by atoms with van der Waals surface area (Å²) in [6.07, 6.45) is 4.46. The van der Waals surface area contributed by atoms with Crippen molar-refractivity contribution in [3.63, 3.8) is 0 Å². The lowest BCUT2D eigenvalue weighted by Crippen LogP contribution is -2.13. The Labute approximate surface area is 160 Å². The van der Waals surface area contributed by atoms with Crippen molar-refractivity contribution in [1.82, 2.24) is 9.78 Å². The summed E-state index contributed by atoms with van der Waals surface area (Å²) in [6, 6.07) is 6.18. The van der Waals surface area contributed by atoms with Crippen LogP contribution in [0.3, 0.4) is 0 Å². The summed E-state index contributed by atoms with van der Waals surface area (Å²) in [7, 11) is -1.43. The minimum atomic E-state index is -3.28. The number of hydrogen-bond donors (Lipinski definition) is 1.